The standard InChI is InChI=1S/C11H10N2O/c14-11(9-1-5-12-6-2-9)10-3-7-13-8-4-10/h1-8,11,14H. The lowest BCUT2D eigenvalue weighted by Crippen LogP contribution is -1.99. The van der Waals surface area contributed by atoms with E-state index in [1.807, 2.05) is 0 Å². The van der Waals surface area contributed by atoms with Crippen molar-refractivity contribution in [1.82, 2.24) is 9.97 Å². The van der Waals surface area contributed by atoms with Crippen LogP contribution < -0.4 is 0 Å². The van der Waals surface area contributed by atoms with Crippen molar-refractivity contribution in [2.45, 2.75) is 6.10 Å². The quantitative estimate of drug-likeness (QED) is 0.774. The minimum absolute atomic E-state index is 0.596. The Balaban J connectivity index is 2.30. The summed E-state index contributed by atoms with van der Waals surface area (Å²) in [5, 5.41) is 9.94. The summed E-state index contributed by atoms with van der Waals surface area (Å²) in [7, 11) is 0. The summed E-state index contributed by atoms with van der Waals surface area (Å²) >= 11 is 0. The van der Waals surface area contributed by atoms with Crippen LogP contribution in [0.25, 0.3) is 0 Å². The average molecular weight is 186 g/mol. The zero-order valence-electron chi connectivity index (χ0n) is 7.54. The molecule has 2 aromatic heterocycles. The fourth-order valence-electron chi connectivity index (χ4n) is 1.28. The average Bonchev–Trinajstić information content (AvgIpc) is 2.30. The van der Waals surface area contributed by atoms with Gasteiger partial charge in [-0.2, -0.15) is 0 Å². The molecular formula is C11H10N2O. The smallest absolute Gasteiger partial charge is 0.104 e. The molecule has 0 radical (unpaired) electrons. The number of aliphatic hydroxyl groups is 1. The molecule has 0 spiro atoms. The summed E-state index contributed by atoms with van der Waals surface area (Å²) in [6.45, 7) is 0. The van der Waals surface area contributed by atoms with E-state index >= 15 is 0 Å². The van der Waals surface area contributed by atoms with E-state index < -0.39 is 6.10 Å². The molecule has 0 atom stereocenters. The highest BCUT2D eigenvalue weighted by molar-refractivity contribution is 5.26. The molecule has 0 aromatic carbocycles. The third-order valence-corrected chi connectivity index (χ3v) is 2.04. The summed E-state index contributed by atoms with van der Waals surface area (Å²) in [6, 6.07) is 7.19. The van der Waals surface area contributed by atoms with Crippen LogP contribution in [0.3, 0.4) is 0 Å². The fourth-order valence-corrected chi connectivity index (χ4v) is 1.28. The van der Waals surface area contributed by atoms with E-state index in [0.717, 1.165) is 11.1 Å². The molecule has 0 aliphatic heterocycles. The maximum absolute atomic E-state index is 9.94. The molecule has 0 aliphatic carbocycles. The van der Waals surface area contributed by atoms with Crippen LogP contribution in [0, 0.1) is 0 Å². The van der Waals surface area contributed by atoms with E-state index in [2.05, 4.69) is 9.97 Å². The van der Waals surface area contributed by atoms with Gasteiger partial charge in [0.2, 0.25) is 0 Å². The van der Waals surface area contributed by atoms with Crippen molar-refractivity contribution in [3.05, 3.63) is 60.2 Å². The molecule has 0 bridgehead atoms. The van der Waals surface area contributed by atoms with Crippen LogP contribution in [0.2, 0.25) is 0 Å². The summed E-state index contributed by atoms with van der Waals surface area (Å²) in [5.41, 5.74) is 1.68. The van der Waals surface area contributed by atoms with Gasteiger partial charge in [-0.15, -0.1) is 0 Å². The molecule has 0 amide bonds. The number of rotatable bonds is 2. The van der Waals surface area contributed by atoms with Gasteiger partial charge in [-0.1, -0.05) is 0 Å². The Bertz CT molecular complexity index is 349. The lowest BCUT2D eigenvalue weighted by atomic mass is 10.0. The number of pyridine rings is 2. The Kier molecular flexibility index (Phi) is 2.51. The van der Waals surface area contributed by atoms with E-state index in [0.29, 0.717) is 0 Å². The third-order valence-electron chi connectivity index (χ3n) is 2.04. The number of nitrogens with zero attached hydrogens (tertiary/aromatic N) is 2. The lowest BCUT2D eigenvalue weighted by Gasteiger charge is -2.09. The topological polar surface area (TPSA) is 46.0 Å². The third kappa shape index (κ3) is 1.78. The molecular weight excluding hydrogens is 176 g/mol. The Morgan fingerprint density at radius 1 is 0.786 bits per heavy atom. The molecule has 1 N–H and O–H groups in total. The Hall–Kier alpha value is -1.74. The van der Waals surface area contributed by atoms with E-state index in [1.165, 1.54) is 0 Å². The lowest BCUT2D eigenvalue weighted by molar-refractivity contribution is 0.220. The van der Waals surface area contributed by atoms with Gasteiger partial charge in [0.1, 0.15) is 6.10 Å². The first-order chi connectivity index (χ1) is 6.88. The summed E-state index contributed by atoms with van der Waals surface area (Å²) in [5.74, 6) is 0. The maximum atomic E-state index is 9.94. The molecule has 3 nitrogen and oxygen atoms in total. The SMILES string of the molecule is OC(c1ccncc1)c1ccncc1. The van der Waals surface area contributed by atoms with Crippen LogP contribution >= 0.6 is 0 Å². The normalized spacial score (nSPS) is 10.4. The van der Waals surface area contributed by atoms with Crippen LogP contribution in [0.5, 0.6) is 0 Å². The Labute approximate surface area is 82.1 Å². The van der Waals surface area contributed by atoms with Gasteiger partial charge in [-0.25, -0.2) is 0 Å². The number of aromatic nitrogens is 2. The predicted octanol–water partition coefficient (Wildman–Crippen LogP) is 1.56. The van der Waals surface area contributed by atoms with Crippen LogP contribution in [0.15, 0.2) is 49.1 Å². The summed E-state index contributed by atoms with van der Waals surface area (Å²) in [4.78, 5) is 7.80. The van der Waals surface area contributed by atoms with E-state index in [1.54, 1.807) is 49.1 Å². The monoisotopic (exact) mass is 186 g/mol. The molecule has 0 fully saturated rings. The largest absolute Gasteiger partial charge is 0.384 e. The highest BCUT2D eigenvalue weighted by atomic mass is 16.3. The van der Waals surface area contributed by atoms with Crippen LogP contribution in [-0.4, -0.2) is 15.1 Å². The maximum Gasteiger partial charge on any atom is 0.104 e. The molecule has 2 heterocycles. The second-order valence-electron chi connectivity index (χ2n) is 2.96. The molecule has 14 heavy (non-hydrogen) atoms. The number of aliphatic hydroxyl groups excluding tert-OH is 1. The van der Waals surface area contributed by atoms with E-state index in [-0.39, 0.29) is 0 Å². The van der Waals surface area contributed by atoms with Gasteiger partial charge < -0.3 is 5.11 Å². The van der Waals surface area contributed by atoms with Crippen LogP contribution in [0.4, 0.5) is 0 Å². The summed E-state index contributed by atoms with van der Waals surface area (Å²) < 4.78 is 0. The van der Waals surface area contributed by atoms with Crippen molar-refractivity contribution < 1.29 is 5.11 Å². The van der Waals surface area contributed by atoms with Crippen LogP contribution in [-0.2, 0) is 0 Å². The zero-order chi connectivity index (χ0) is 9.80. The van der Waals surface area contributed by atoms with Gasteiger partial charge in [0.15, 0.2) is 0 Å². The van der Waals surface area contributed by atoms with Gasteiger partial charge in [0.25, 0.3) is 0 Å². The van der Waals surface area contributed by atoms with Crippen molar-refractivity contribution in [2.75, 3.05) is 0 Å². The first kappa shape index (κ1) is 8.84. The van der Waals surface area contributed by atoms with Gasteiger partial charge in [0, 0.05) is 24.8 Å². The van der Waals surface area contributed by atoms with Gasteiger partial charge in [-0.3, -0.25) is 9.97 Å². The summed E-state index contributed by atoms with van der Waals surface area (Å²) in [6.07, 6.45) is 6.07. The molecule has 0 saturated heterocycles. The van der Waals surface area contributed by atoms with Gasteiger partial charge >= 0.3 is 0 Å². The van der Waals surface area contributed by atoms with E-state index in [4.69, 9.17) is 0 Å². The van der Waals surface area contributed by atoms with Crippen molar-refractivity contribution >= 4 is 0 Å². The van der Waals surface area contributed by atoms with Crippen molar-refractivity contribution in [3.63, 3.8) is 0 Å². The molecule has 0 saturated carbocycles. The fraction of sp³-hybridized carbons (Fsp3) is 0.0909. The Morgan fingerprint density at radius 3 is 1.50 bits per heavy atom. The van der Waals surface area contributed by atoms with Crippen molar-refractivity contribution in [3.8, 4) is 0 Å². The molecule has 0 unspecified atom stereocenters. The highest BCUT2D eigenvalue weighted by Crippen LogP contribution is 2.19. The van der Waals surface area contributed by atoms with E-state index in [9.17, 15) is 5.11 Å². The molecule has 0 aliphatic rings. The minimum Gasteiger partial charge on any atom is -0.384 e. The minimum atomic E-state index is -0.596. The predicted molar refractivity (Wildman–Crippen MR) is 52.5 cm³/mol. The second-order valence-corrected chi connectivity index (χ2v) is 2.96. The number of hydrogen-bond donors (Lipinski definition) is 1. The van der Waals surface area contributed by atoms with Crippen molar-refractivity contribution in [2.24, 2.45) is 0 Å². The van der Waals surface area contributed by atoms with Crippen LogP contribution in [0.1, 0.15) is 17.2 Å². The second kappa shape index (κ2) is 3.98. The first-order valence-electron chi connectivity index (χ1n) is 4.36. The molecule has 2 aromatic rings. The molecule has 70 valence electrons. The molecule has 3 heteroatoms. The zero-order valence-corrected chi connectivity index (χ0v) is 7.54. The Morgan fingerprint density at radius 2 is 1.14 bits per heavy atom. The van der Waals surface area contributed by atoms with Gasteiger partial charge in [0.05, 0.1) is 0 Å². The number of hydrogen-bond acceptors (Lipinski definition) is 3. The first-order valence-corrected chi connectivity index (χ1v) is 4.36. The van der Waals surface area contributed by atoms with Gasteiger partial charge in [-0.05, 0) is 35.4 Å². The highest BCUT2D eigenvalue weighted by Gasteiger charge is 2.08. The van der Waals surface area contributed by atoms with Crippen molar-refractivity contribution in [1.29, 1.82) is 0 Å². The molecule has 2 rings (SSSR count).